The quantitative estimate of drug-likeness (QED) is 0.458. The van der Waals surface area contributed by atoms with Gasteiger partial charge in [-0.15, -0.1) is 0 Å². The van der Waals surface area contributed by atoms with Crippen molar-refractivity contribution < 1.29 is 4.74 Å². The molecule has 2 heterocycles. The van der Waals surface area contributed by atoms with E-state index < -0.39 is 0 Å². The molecule has 3 aromatic carbocycles. The van der Waals surface area contributed by atoms with Gasteiger partial charge in [0.15, 0.2) is 0 Å². The standard InChI is InChI=1S/C22H19NOSe/c1-15-11-12-18-21(14-15)25-20-10-3-2-8-17(20)23(18)19-9-4-6-16-7-5-13-24-22(16)19/h2-4,6,8-12,14H,5,7,13H2,1H3. The molecule has 0 atom stereocenters. The molecule has 3 heteroatoms. The first kappa shape index (κ1) is 15.1. The Morgan fingerprint density at radius 3 is 2.68 bits per heavy atom. The Morgan fingerprint density at radius 2 is 1.72 bits per heavy atom. The monoisotopic (exact) mass is 393 g/mol. The summed E-state index contributed by atoms with van der Waals surface area (Å²) in [4.78, 5) is 2.40. The van der Waals surface area contributed by atoms with Crippen LogP contribution in [0.2, 0.25) is 0 Å². The van der Waals surface area contributed by atoms with E-state index in [-0.39, 0.29) is 0 Å². The van der Waals surface area contributed by atoms with Crippen molar-refractivity contribution >= 4 is 40.9 Å². The second-order valence-electron chi connectivity index (χ2n) is 6.59. The number of hydrogen-bond acceptors (Lipinski definition) is 2. The van der Waals surface area contributed by atoms with Crippen LogP contribution in [-0.4, -0.2) is 21.6 Å². The van der Waals surface area contributed by atoms with Gasteiger partial charge in [0.05, 0.1) is 0 Å². The zero-order valence-corrected chi connectivity index (χ0v) is 15.9. The molecule has 0 saturated carbocycles. The van der Waals surface area contributed by atoms with E-state index in [0.717, 1.165) is 25.2 Å². The summed E-state index contributed by atoms with van der Waals surface area (Å²) in [5, 5.41) is 0. The minimum absolute atomic E-state index is 0.337. The summed E-state index contributed by atoms with van der Waals surface area (Å²) in [6.07, 6.45) is 2.20. The molecule has 0 N–H and O–H groups in total. The van der Waals surface area contributed by atoms with E-state index in [0.29, 0.717) is 15.0 Å². The van der Waals surface area contributed by atoms with Crippen LogP contribution in [0.15, 0.2) is 60.7 Å². The summed E-state index contributed by atoms with van der Waals surface area (Å²) >= 11 is 0.337. The van der Waals surface area contributed by atoms with Gasteiger partial charge in [-0.05, 0) is 0 Å². The molecule has 25 heavy (non-hydrogen) atoms. The van der Waals surface area contributed by atoms with Gasteiger partial charge < -0.3 is 0 Å². The Bertz CT molecular complexity index is 966. The predicted octanol–water partition coefficient (Wildman–Crippen LogP) is 3.76. The number of aryl methyl sites for hydroxylation is 2. The van der Waals surface area contributed by atoms with Crippen molar-refractivity contribution in [2.75, 3.05) is 11.5 Å². The SMILES string of the molecule is Cc1ccc2c(c1)[Se]c1ccccc1N2c1cccc2c1OCCC2. The number of anilines is 3. The van der Waals surface area contributed by atoms with E-state index >= 15 is 0 Å². The number of benzene rings is 3. The number of ether oxygens (including phenoxy) is 1. The Hall–Kier alpha value is -2.22. The van der Waals surface area contributed by atoms with E-state index in [1.807, 2.05) is 0 Å². The third-order valence-electron chi connectivity index (χ3n) is 4.84. The van der Waals surface area contributed by atoms with Crippen molar-refractivity contribution in [3.8, 4) is 5.75 Å². The maximum atomic E-state index is 6.13. The first-order valence-electron chi connectivity index (χ1n) is 8.73. The minimum atomic E-state index is 0.337. The van der Waals surface area contributed by atoms with E-state index in [2.05, 4.69) is 72.5 Å². The van der Waals surface area contributed by atoms with Gasteiger partial charge in [-0.3, -0.25) is 0 Å². The fourth-order valence-corrected chi connectivity index (χ4v) is 6.10. The van der Waals surface area contributed by atoms with Crippen LogP contribution < -0.4 is 18.6 Å². The molecule has 0 amide bonds. The molecule has 0 fully saturated rings. The van der Waals surface area contributed by atoms with Gasteiger partial charge in [-0.25, -0.2) is 0 Å². The van der Waals surface area contributed by atoms with Gasteiger partial charge in [-0.1, -0.05) is 0 Å². The molecule has 2 nitrogen and oxygen atoms in total. The number of fused-ring (bicyclic) bond motifs is 3. The van der Waals surface area contributed by atoms with Crippen molar-refractivity contribution in [3.63, 3.8) is 0 Å². The van der Waals surface area contributed by atoms with Crippen molar-refractivity contribution in [3.05, 3.63) is 71.8 Å². The molecule has 2 aliphatic rings. The molecule has 0 bridgehead atoms. The normalized spacial score (nSPS) is 15.0. The van der Waals surface area contributed by atoms with Crippen molar-refractivity contribution in [2.24, 2.45) is 0 Å². The molecule has 124 valence electrons. The molecule has 0 unspecified atom stereocenters. The summed E-state index contributed by atoms with van der Waals surface area (Å²) < 4.78 is 9.00. The van der Waals surface area contributed by atoms with Crippen LogP contribution in [-0.2, 0) is 6.42 Å². The molecular formula is C22H19NOSe. The van der Waals surface area contributed by atoms with Crippen molar-refractivity contribution in [2.45, 2.75) is 19.8 Å². The van der Waals surface area contributed by atoms with Gasteiger partial charge in [0, 0.05) is 0 Å². The first-order valence-corrected chi connectivity index (χ1v) is 10.4. The van der Waals surface area contributed by atoms with Gasteiger partial charge in [0.2, 0.25) is 0 Å². The number of para-hydroxylation sites is 2. The Morgan fingerprint density at radius 1 is 0.880 bits per heavy atom. The summed E-state index contributed by atoms with van der Waals surface area (Å²) in [7, 11) is 0. The molecular weight excluding hydrogens is 373 g/mol. The van der Waals surface area contributed by atoms with Gasteiger partial charge in [-0.2, -0.15) is 0 Å². The number of nitrogens with zero attached hydrogens (tertiary/aromatic N) is 1. The average Bonchev–Trinajstić information content (AvgIpc) is 2.65. The van der Waals surface area contributed by atoms with E-state index in [1.165, 1.54) is 37.1 Å². The third kappa shape index (κ3) is 2.47. The second-order valence-corrected chi connectivity index (χ2v) is 8.87. The van der Waals surface area contributed by atoms with E-state index in [4.69, 9.17) is 4.74 Å². The van der Waals surface area contributed by atoms with Gasteiger partial charge in [0.1, 0.15) is 0 Å². The Labute approximate surface area is 154 Å². The summed E-state index contributed by atoms with van der Waals surface area (Å²) in [5.74, 6) is 1.06. The number of hydrogen-bond donors (Lipinski definition) is 0. The molecule has 0 aromatic heterocycles. The first-order chi connectivity index (χ1) is 12.3. The van der Waals surface area contributed by atoms with Crippen molar-refractivity contribution in [1.82, 2.24) is 0 Å². The average molecular weight is 392 g/mol. The second kappa shape index (κ2) is 5.94. The van der Waals surface area contributed by atoms with Crippen LogP contribution in [0.5, 0.6) is 5.75 Å². The molecule has 0 spiro atoms. The fraction of sp³-hybridized carbons (Fsp3) is 0.182. The Balaban J connectivity index is 1.77. The topological polar surface area (TPSA) is 12.5 Å². The third-order valence-corrected chi connectivity index (χ3v) is 7.17. The molecule has 0 aliphatic carbocycles. The van der Waals surface area contributed by atoms with E-state index in [9.17, 15) is 0 Å². The summed E-state index contributed by atoms with van der Waals surface area (Å²) in [5.41, 5.74) is 6.41. The van der Waals surface area contributed by atoms with Crippen LogP contribution in [0, 0.1) is 6.92 Å². The Kier molecular flexibility index (Phi) is 3.58. The van der Waals surface area contributed by atoms with Crippen LogP contribution >= 0.6 is 0 Å². The van der Waals surface area contributed by atoms with Crippen LogP contribution in [0.4, 0.5) is 17.1 Å². The molecule has 5 rings (SSSR count). The van der Waals surface area contributed by atoms with Crippen molar-refractivity contribution in [1.29, 1.82) is 0 Å². The molecule has 0 radical (unpaired) electrons. The van der Waals surface area contributed by atoms with Crippen LogP contribution in [0.3, 0.4) is 0 Å². The van der Waals surface area contributed by atoms with Gasteiger partial charge in [0.25, 0.3) is 0 Å². The van der Waals surface area contributed by atoms with Gasteiger partial charge >= 0.3 is 154 Å². The summed E-state index contributed by atoms with van der Waals surface area (Å²) in [6, 6.07) is 22.2. The fourth-order valence-electron chi connectivity index (χ4n) is 3.67. The molecule has 3 aromatic rings. The van der Waals surface area contributed by atoms with Crippen LogP contribution in [0.1, 0.15) is 17.5 Å². The molecule has 2 aliphatic heterocycles. The van der Waals surface area contributed by atoms with E-state index in [1.54, 1.807) is 0 Å². The maximum absolute atomic E-state index is 6.13. The molecule has 0 saturated heterocycles. The van der Waals surface area contributed by atoms with Crippen LogP contribution in [0.25, 0.3) is 0 Å². The predicted molar refractivity (Wildman–Crippen MR) is 105 cm³/mol. The number of rotatable bonds is 1. The zero-order chi connectivity index (χ0) is 16.8. The summed E-state index contributed by atoms with van der Waals surface area (Å²) in [6.45, 7) is 2.99. The zero-order valence-electron chi connectivity index (χ0n) is 14.2.